The summed E-state index contributed by atoms with van der Waals surface area (Å²) in [5.74, 6) is 0. The molecule has 0 saturated carbocycles. The first-order valence-electron chi connectivity index (χ1n) is 7.47. The summed E-state index contributed by atoms with van der Waals surface area (Å²) in [6.45, 7) is 11.9. The molecule has 0 atom stereocenters. The Labute approximate surface area is 126 Å². The fourth-order valence-corrected chi connectivity index (χ4v) is 3.20. The summed E-state index contributed by atoms with van der Waals surface area (Å²) < 4.78 is 2.37. The second-order valence-corrected chi connectivity index (χ2v) is 5.57. The van der Waals surface area contributed by atoms with Crippen LogP contribution in [0.25, 0.3) is 16.5 Å². The van der Waals surface area contributed by atoms with Gasteiger partial charge >= 0.3 is 0 Å². The maximum atomic E-state index is 4.38. The summed E-state index contributed by atoms with van der Waals surface area (Å²) in [7, 11) is 0. The Morgan fingerprint density at radius 3 is 2.52 bits per heavy atom. The van der Waals surface area contributed by atoms with Crippen molar-refractivity contribution in [3.8, 4) is 0 Å². The van der Waals surface area contributed by atoms with Crippen molar-refractivity contribution in [2.75, 3.05) is 0 Å². The van der Waals surface area contributed by atoms with E-state index in [2.05, 4.69) is 80.4 Å². The predicted molar refractivity (Wildman–Crippen MR) is 91.7 cm³/mol. The molecule has 0 spiro atoms. The number of fused-ring (bicyclic) bond motifs is 1. The monoisotopic (exact) mass is 275 g/mol. The van der Waals surface area contributed by atoms with Crippen LogP contribution >= 0.6 is 0 Å². The quantitative estimate of drug-likeness (QED) is 0.608. The van der Waals surface area contributed by atoms with Crippen LogP contribution < -0.4 is 0 Å². The van der Waals surface area contributed by atoms with E-state index in [0.29, 0.717) is 0 Å². The minimum atomic E-state index is 0.980. The van der Waals surface area contributed by atoms with Gasteiger partial charge in [0.2, 0.25) is 0 Å². The van der Waals surface area contributed by atoms with Gasteiger partial charge in [0, 0.05) is 28.7 Å². The van der Waals surface area contributed by atoms with E-state index in [4.69, 9.17) is 0 Å². The normalized spacial score (nSPS) is 11.0. The maximum Gasteiger partial charge on any atom is 0.0488 e. The van der Waals surface area contributed by atoms with Gasteiger partial charge in [0.1, 0.15) is 0 Å². The van der Waals surface area contributed by atoms with Crippen molar-refractivity contribution >= 4 is 16.5 Å². The van der Waals surface area contributed by atoms with Crippen molar-refractivity contribution in [2.45, 2.75) is 27.3 Å². The van der Waals surface area contributed by atoms with Crippen LogP contribution in [-0.4, -0.2) is 4.57 Å². The molecule has 1 heteroatoms. The highest BCUT2D eigenvalue weighted by Gasteiger charge is 2.16. The Hall–Kier alpha value is -2.28. The van der Waals surface area contributed by atoms with Crippen molar-refractivity contribution in [3.63, 3.8) is 0 Å². The lowest BCUT2D eigenvalue weighted by molar-refractivity contribution is 0.768. The summed E-state index contributed by atoms with van der Waals surface area (Å²) in [4.78, 5) is 0. The van der Waals surface area contributed by atoms with Crippen LogP contribution in [0.1, 0.15) is 29.3 Å². The highest BCUT2D eigenvalue weighted by Crippen LogP contribution is 2.34. The number of aromatic nitrogens is 1. The Kier molecular flexibility index (Phi) is 3.42. The third-order valence-electron chi connectivity index (χ3n) is 4.22. The minimum absolute atomic E-state index is 0.980. The number of aryl methyl sites for hydroxylation is 2. The molecular weight excluding hydrogens is 254 g/mol. The summed E-state index contributed by atoms with van der Waals surface area (Å²) in [6, 6.07) is 17.2. The van der Waals surface area contributed by atoms with Gasteiger partial charge in [-0.15, -0.1) is 0 Å². The van der Waals surface area contributed by atoms with E-state index in [1.165, 1.54) is 33.3 Å². The summed E-state index contributed by atoms with van der Waals surface area (Å²) in [6.07, 6.45) is 0. The first-order chi connectivity index (χ1) is 10.1. The molecule has 3 aromatic rings. The Morgan fingerprint density at radius 2 is 1.81 bits per heavy atom. The molecule has 0 unspecified atom stereocenters. The molecule has 1 nitrogen and oxygen atoms in total. The second-order valence-electron chi connectivity index (χ2n) is 5.57. The lowest BCUT2D eigenvalue weighted by atomic mass is 9.96. The highest BCUT2D eigenvalue weighted by atomic mass is 15.0. The van der Waals surface area contributed by atoms with Gasteiger partial charge < -0.3 is 4.57 Å². The molecule has 0 aliphatic carbocycles. The third-order valence-corrected chi connectivity index (χ3v) is 4.22. The van der Waals surface area contributed by atoms with Crippen LogP contribution in [0.5, 0.6) is 0 Å². The number of nitrogens with zero attached hydrogens (tertiary/aromatic N) is 1. The molecule has 2 aromatic carbocycles. The molecule has 0 fully saturated rings. The molecular formula is C20H21N. The average molecular weight is 275 g/mol. The topological polar surface area (TPSA) is 4.93 Å². The van der Waals surface area contributed by atoms with Crippen molar-refractivity contribution in [1.82, 2.24) is 4.57 Å². The zero-order chi connectivity index (χ0) is 15.0. The van der Waals surface area contributed by atoms with E-state index < -0.39 is 0 Å². The number of benzene rings is 2. The van der Waals surface area contributed by atoms with Crippen molar-refractivity contribution in [1.29, 1.82) is 0 Å². The molecule has 0 aliphatic rings. The molecule has 0 saturated heterocycles. The van der Waals surface area contributed by atoms with E-state index in [-0.39, 0.29) is 0 Å². The molecule has 0 amide bonds. The van der Waals surface area contributed by atoms with Crippen LogP contribution in [0, 0.1) is 13.8 Å². The van der Waals surface area contributed by atoms with Gasteiger partial charge in [0.15, 0.2) is 0 Å². The number of hydrogen-bond donors (Lipinski definition) is 0. The molecule has 3 rings (SSSR count). The first-order valence-corrected chi connectivity index (χ1v) is 7.47. The van der Waals surface area contributed by atoms with Gasteiger partial charge in [0.25, 0.3) is 0 Å². The lowest BCUT2D eigenvalue weighted by Gasteiger charge is -2.09. The van der Waals surface area contributed by atoms with Crippen LogP contribution in [0.4, 0.5) is 0 Å². The van der Waals surface area contributed by atoms with E-state index in [1.807, 2.05) is 0 Å². The summed E-state index contributed by atoms with van der Waals surface area (Å²) in [5.41, 5.74) is 7.45. The zero-order valence-electron chi connectivity index (χ0n) is 13.0. The van der Waals surface area contributed by atoms with Crippen LogP contribution in [0.3, 0.4) is 0 Å². The summed E-state index contributed by atoms with van der Waals surface area (Å²) >= 11 is 0. The molecule has 1 heterocycles. The Bertz CT molecular complexity index is 821. The van der Waals surface area contributed by atoms with E-state index >= 15 is 0 Å². The molecule has 0 N–H and O–H groups in total. The standard InChI is InChI=1S/C20H21N/c1-5-21-16(4)20(18-11-6-7-12-19(18)21)15(3)17-10-8-9-14(2)13-17/h6-13H,3,5H2,1-2,4H3. The molecule has 0 aliphatic heterocycles. The highest BCUT2D eigenvalue weighted by molar-refractivity contribution is 5.98. The van der Waals surface area contributed by atoms with Gasteiger partial charge in [-0.2, -0.15) is 0 Å². The lowest BCUT2D eigenvalue weighted by Crippen LogP contribution is -1.97. The molecule has 106 valence electrons. The number of hydrogen-bond acceptors (Lipinski definition) is 0. The largest absolute Gasteiger partial charge is 0.345 e. The Balaban J connectivity index is 2.25. The third kappa shape index (κ3) is 2.19. The van der Waals surface area contributed by atoms with Crippen molar-refractivity contribution in [2.24, 2.45) is 0 Å². The van der Waals surface area contributed by atoms with Gasteiger partial charge in [-0.25, -0.2) is 0 Å². The van der Waals surface area contributed by atoms with Crippen LogP contribution in [-0.2, 0) is 6.54 Å². The smallest absolute Gasteiger partial charge is 0.0488 e. The molecule has 0 bridgehead atoms. The van der Waals surface area contributed by atoms with Crippen LogP contribution in [0.2, 0.25) is 0 Å². The number of rotatable bonds is 3. The van der Waals surface area contributed by atoms with Crippen molar-refractivity contribution < 1.29 is 0 Å². The molecule has 0 radical (unpaired) electrons. The molecule has 1 aromatic heterocycles. The fourth-order valence-electron chi connectivity index (χ4n) is 3.20. The van der Waals surface area contributed by atoms with Gasteiger partial charge in [0.05, 0.1) is 0 Å². The van der Waals surface area contributed by atoms with Gasteiger partial charge in [-0.3, -0.25) is 0 Å². The average Bonchev–Trinajstić information content (AvgIpc) is 2.78. The van der Waals surface area contributed by atoms with E-state index in [9.17, 15) is 0 Å². The van der Waals surface area contributed by atoms with E-state index in [1.54, 1.807) is 0 Å². The predicted octanol–water partition coefficient (Wildman–Crippen LogP) is 5.34. The first kappa shape index (κ1) is 13.7. The van der Waals surface area contributed by atoms with Crippen LogP contribution in [0.15, 0.2) is 55.1 Å². The maximum absolute atomic E-state index is 4.38. The number of para-hydroxylation sites is 1. The SMILES string of the molecule is C=C(c1cccc(C)c1)c1c(C)n(CC)c2ccccc12. The minimum Gasteiger partial charge on any atom is -0.345 e. The van der Waals surface area contributed by atoms with E-state index in [0.717, 1.165) is 12.1 Å². The molecule has 21 heavy (non-hydrogen) atoms. The van der Waals surface area contributed by atoms with Crippen molar-refractivity contribution in [3.05, 3.63) is 77.5 Å². The zero-order valence-corrected chi connectivity index (χ0v) is 13.0. The second kappa shape index (κ2) is 5.25. The van der Waals surface area contributed by atoms with Gasteiger partial charge in [-0.1, -0.05) is 54.6 Å². The summed E-state index contributed by atoms with van der Waals surface area (Å²) in [5, 5.41) is 1.29. The Morgan fingerprint density at radius 1 is 1.05 bits per heavy atom. The fraction of sp³-hybridized carbons (Fsp3) is 0.200. The van der Waals surface area contributed by atoms with Gasteiger partial charge in [-0.05, 0) is 38.0 Å².